The van der Waals surface area contributed by atoms with Crippen LogP contribution >= 0.6 is 0 Å². The number of carbonyl (C=O) groups excluding carboxylic acids is 1. The van der Waals surface area contributed by atoms with E-state index < -0.39 is 24.0 Å². The SMILES string of the molecule is C=Cc1ccc(CNCC(F)(F)C(=O)OCC23CC4CC(CC(O)(C4)C2)C3)cc1. The molecule has 4 aliphatic rings. The number of aliphatic hydroxyl groups is 1. The molecule has 2 atom stereocenters. The Morgan fingerprint density at radius 2 is 1.90 bits per heavy atom. The van der Waals surface area contributed by atoms with Gasteiger partial charge in [0.1, 0.15) is 0 Å². The minimum Gasteiger partial charge on any atom is -0.461 e. The van der Waals surface area contributed by atoms with Crippen molar-refractivity contribution >= 4 is 12.0 Å². The maximum atomic E-state index is 14.3. The van der Waals surface area contributed by atoms with Crippen molar-refractivity contribution in [2.45, 2.75) is 56.6 Å². The Kier molecular flexibility index (Phi) is 5.28. The van der Waals surface area contributed by atoms with E-state index in [2.05, 4.69) is 11.9 Å². The fourth-order valence-electron chi connectivity index (χ4n) is 6.10. The number of halogens is 2. The highest BCUT2D eigenvalue weighted by Gasteiger charge is 2.58. The molecule has 4 nitrogen and oxygen atoms in total. The zero-order valence-electron chi connectivity index (χ0n) is 16.6. The summed E-state index contributed by atoms with van der Waals surface area (Å²) in [7, 11) is 0. The zero-order valence-corrected chi connectivity index (χ0v) is 16.6. The van der Waals surface area contributed by atoms with Crippen LogP contribution in [0.1, 0.15) is 49.7 Å². The lowest BCUT2D eigenvalue weighted by Crippen LogP contribution is -2.57. The minimum absolute atomic E-state index is 0.0141. The van der Waals surface area contributed by atoms with Gasteiger partial charge in [0.05, 0.1) is 18.8 Å². The number of hydrogen-bond acceptors (Lipinski definition) is 4. The van der Waals surface area contributed by atoms with E-state index in [1.165, 1.54) is 0 Å². The molecule has 0 amide bonds. The molecular weight excluding hydrogens is 376 g/mol. The Morgan fingerprint density at radius 1 is 1.24 bits per heavy atom. The highest BCUT2D eigenvalue weighted by Crippen LogP contribution is 2.61. The predicted molar refractivity (Wildman–Crippen MR) is 106 cm³/mol. The molecule has 1 aromatic carbocycles. The second-order valence-corrected chi connectivity index (χ2v) is 9.52. The van der Waals surface area contributed by atoms with E-state index in [1.807, 2.05) is 24.3 Å². The van der Waals surface area contributed by atoms with Gasteiger partial charge >= 0.3 is 11.9 Å². The van der Waals surface area contributed by atoms with Crippen molar-refractivity contribution in [2.24, 2.45) is 17.3 Å². The normalized spacial score (nSPS) is 32.9. The van der Waals surface area contributed by atoms with Gasteiger partial charge in [0.25, 0.3) is 0 Å². The standard InChI is InChI=1S/C23H29F2NO3/c1-2-16-3-5-17(6-4-16)12-26-14-23(24,25)20(27)29-15-21-8-18-7-19(9-21)11-22(28,10-18)13-21/h2-6,18-19,26,28H,1,7-15H2. The van der Waals surface area contributed by atoms with Crippen molar-refractivity contribution in [2.75, 3.05) is 13.2 Å². The van der Waals surface area contributed by atoms with Crippen LogP contribution < -0.4 is 5.32 Å². The first-order valence-corrected chi connectivity index (χ1v) is 10.4. The van der Waals surface area contributed by atoms with Crippen molar-refractivity contribution in [1.82, 2.24) is 5.32 Å². The molecule has 0 heterocycles. The Morgan fingerprint density at radius 3 is 2.48 bits per heavy atom. The van der Waals surface area contributed by atoms with Crippen LogP contribution in [0.5, 0.6) is 0 Å². The smallest absolute Gasteiger partial charge is 0.378 e. The van der Waals surface area contributed by atoms with Crippen LogP contribution in [0, 0.1) is 17.3 Å². The molecule has 0 saturated heterocycles. The highest BCUT2D eigenvalue weighted by atomic mass is 19.3. The van der Waals surface area contributed by atoms with Gasteiger partial charge in [-0.15, -0.1) is 0 Å². The van der Waals surface area contributed by atoms with Crippen LogP contribution in [0.15, 0.2) is 30.8 Å². The number of rotatable bonds is 8. The van der Waals surface area contributed by atoms with Gasteiger partial charge in [-0.05, 0) is 61.5 Å². The third-order valence-corrected chi connectivity index (χ3v) is 6.85. The van der Waals surface area contributed by atoms with Gasteiger partial charge in [0.2, 0.25) is 0 Å². The second kappa shape index (κ2) is 7.47. The summed E-state index contributed by atoms with van der Waals surface area (Å²) in [5.41, 5.74) is 0.783. The van der Waals surface area contributed by atoms with Gasteiger partial charge in [-0.2, -0.15) is 8.78 Å². The summed E-state index contributed by atoms with van der Waals surface area (Å²) >= 11 is 0. The second-order valence-electron chi connectivity index (χ2n) is 9.52. The topological polar surface area (TPSA) is 58.6 Å². The number of ether oxygens (including phenoxy) is 1. The molecule has 0 spiro atoms. The number of hydrogen-bond donors (Lipinski definition) is 2. The molecule has 1 aromatic rings. The summed E-state index contributed by atoms with van der Waals surface area (Å²) in [6.07, 6.45) is 6.70. The van der Waals surface area contributed by atoms with Crippen molar-refractivity contribution in [3.05, 3.63) is 42.0 Å². The van der Waals surface area contributed by atoms with E-state index in [9.17, 15) is 18.7 Å². The molecule has 4 aliphatic carbocycles. The van der Waals surface area contributed by atoms with Crippen LogP contribution in [0.4, 0.5) is 8.78 Å². The third kappa shape index (κ3) is 4.38. The first-order chi connectivity index (χ1) is 13.7. The number of esters is 1. The quantitative estimate of drug-likeness (QED) is 0.644. The third-order valence-electron chi connectivity index (χ3n) is 6.85. The van der Waals surface area contributed by atoms with Gasteiger partial charge < -0.3 is 15.2 Å². The Balaban J connectivity index is 1.28. The molecule has 2 N–H and O–H groups in total. The van der Waals surface area contributed by atoms with Crippen LogP contribution in [-0.4, -0.2) is 35.8 Å². The van der Waals surface area contributed by atoms with Crippen LogP contribution in [0.3, 0.4) is 0 Å². The lowest BCUT2D eigenvalue weighted by Gasteiger charge is -2.59. The molecule has 2 unspecified atom stereocenters. The molecule has 4 bridgehead atoms. The summed E-state index contributed by atoms with van der Waals surface area (Å²) < 4.78 is 33.7. The molecule has 158 valence electrons. The highest BCUT2D eigenvalue weighted by molar-refractivity contribution is 5.77. The molecule has 6 heteroatoms. The molecule has 0 aliphatic heterocycles. The van der Waals surface area contributed by atoms with Crippen LogP contribution in [-0.2, 0) is 16.1 Å². The van der Waals surface area contributed by atoms with Crippen LogP contribution in [0.2, 0.25) is 0 Å². The first-order valence-electron chi connectivity index (χ1n) is 10.4. The van der Waals surface area contributed by atoms with Crippen molar-refractivity contribution < 1.29 is 23.4 Å². The lowest BCUT2D eigenvalue weighted by atomic mass is 9.48. The number of alkyl halides is 2. The Bertz CT molecular complexity index is 763. The summed E-state index contributed by atoms with van der Waals surface area (Å²) in [6.45, 7) is 3.13. The molecule has 4 fully saturated rings. The summed E-state index contributed by atoms with van der Waals surface area (Å²) in [6, 6.07) is 7.38. The molecule has 29 heavy (non-hydrogen) atoms. The van der Waals surface area contributed by atoms with Gasteiger partial charge in [-0.1, -0.05) is 36.9 Å². The Hall–Kier alpha value is -1.79. The van der Waals surface area contributed by atoms with Gasteiger partial charge in [-0.3, -0.25) is 0 Å². The fourth-order valence-corrected chi connectivity index (χ4v) is 6.10. The lowest BCUT2D eigenvalue weighted by molar-refractivity contribution is -0.198. The number of nitrogens with one attached hydrogen (secondary N) is 1. The maximum absolute atomic E-state index is 14.3. The summed E-state index contributed by atoms with van der Waals surface area (Å²) in [5, 5.41) is 13.4. The number of carbonyl (C=O) groups is 1. The van der Waals surface area contributed by atoms with E-state index in [1.54, 1.807) is 6.08 Å². The van der Waals surface area contributed by atoms with E-state index in [4.69, 9.17) is 4.74 Å². The van der Waals surface area contributed by atoms with E-state index >= 15 is 0 Å². The van der Waals surface area contributed by atoms with Crippen molar-refractivity contribution in [1.29, 1.82) is 0 Å². The van der Waals surface area contributed by atoms with Crippen LogP contribution in [0.25, 0.3) is 6.08 Å². The van der Waals surface area contributed by atoms with E-state index in [0.717, 1.165) is 43.2 Å². The van der Waals surface area contributed by atoms with Crippen molar-refractivity contribution in [3.63, 3.8) is 0 Å². The predicted octanol–water partition coefficient (Wildman–Crippen LogP) is 3.93. The molecule has 5 rings (SSSR count). The Labute approximate surface area is 170 Å². The average Bonchev–Trinajstić information content (AvgIpc) is 2.64. The monoisotopic (exact) mass is 405 g/mol. The van der Waals surface area contributed by atoms with E-state index in [0.29, 0.717) is 18.3 Å². The fraction of sp³-hybridized carbons (Fsp3) is 0.609. The largest absolute Gasteiger partial charge is 0.461 e. The minimum atomic E-state index is -3.58. The van der Waals surface area contributed by atoms with Gasteiger partial charge in [0.15, 0.2) is 0 Å². The maximum Gasteiger partial charge on any atom is 0.378 e. The molecular formula is C23H29F2NO3. The first kappa shape index (κ1) is 20.5. The zero-order chi connectivity index (χ0) is 20.7. The molecule has 0 aromatic heterocycles. The molecule has 0 radical (unpaired) electrons. The van der Waals surface area contributed by atoms with Gasteiger partial charge in [0, 0.05) is 12.0 Å². The van der Waals surface area contributed by atoms with E-state index in [-0.39, 0.29) is 18.6 Å². The van der Waals surface area contributed by atoms with Crippen molar-refractivity contribution in [3.8, 4) is 0 Å². The average molecular weight is 405 g/mol. The molecule has 4 saturated carbocycles. The summed E-state index contributed by atoms with van der Waals surface area (Å²) in [4.78, 5) is 12.1. The summed E-state index contributed by atoms with van der Waals surface area (Å²) in [5.74, 6) is -4.21. The van der Waals surface area contributed by atoms with Gasteiger partial charge in [-0.25, -0.2) is 4.79 Å². The number of benzene rings is 1.